The Morgan fingerprint density at radius 1 is 1.27 bits per heavy atom. The average molecular weight is 473 g/mol. The molecular weight excluding hydrogens is 454 g/mol. The molecule has 1 fully saturated rings. The summed E-state index contributed by atoms with van der Waals surface area (Å²) >= 11 is 0.989. The highest BCUT2D eigenvalue weighted by Gasteiger charge is 2.26. The first-order chi connectivity index (χ1) is 16.0. The van der Waals surface area contributed by atoms with Gasteiger partial charge in [-0.05, 0) is 29.0 Å². The van der Waals surface area contributed by atoms with E-state index in [2.05, 4.69) is 15.3 Å². The largest absolute Gasteiger partial charge is 0.506 e. The highest BCUT2D eigenvalue weighted by atomic mass is 32.1. The summed E-state index contributed by atoms with van der Waals surface area (Å²) in [5.74, 6) is 2.27. The molecule has 12 nitrogen and oxygen atoms in total. The number of aromatic nitrogens is 2. The number of nitrogens with zero attached hydrogens (tertiary/aromatic N) is 4. The number of hydrogen-bond acceptors (Lipinski definition) is 11. The maximum Gasteiger partial charge on any atom is 0.506 e. The van der Waals surface area contributed by atoms with Gasteiger partial charge in [-0.1, -0.05) is 6.07 Å². The third kappa shape index (κ3) is 4.39. The summed E-state index contributed by atoms with van der Waals surface area (Å²) < 4.78 is 15.6. The van der Waals surface area contributed by atoms with E-state index >= 15 is 0 Å². The average Bonchev–Trinajstić information content (AvgIpc) is 3.44. The Labute approximate surface area is 190 Å². The molecule has 3 aromatic rings. The van der Waals surface area contributed by atoms with E-state index in [-0.39, 0.29) is 17.9 Å². The fraction of sp³-hybridized carbons (Fsp3) is 0.350. The van der Waals surface area contributed by atoms with Gasteiger partial charge in [0.2, 0.25) is 12.7 Å². The van der Waals surface area contributed by atoms with Crippen molar-refractivity contribution < 1.29 is 29.0 Å². The van der Waals surface area contributed by atoms with E-state index in [4.69, 9.17) is 19.3 Å². The van der Waals surface area contributed by atoms with E-state index in [1.54, 1.807) is 0 Å². The fourth-order valence-corrected chi connectivity index (χ4v) is 4.66. The van der Waals surface area contributed by atoms with Gasteiger partial charge in [0.25, 0.3) is 0 Å². The van der Waals surface area contributed by atoms with Crippen LogP contribution in [0.1, 0.15) is 18.4 Å². The number of nitro groups is 1. The van der Waals surface area contributed by atoms with Gasteiger partial charge < -0.3 is 29.5 Å². The Balaban J connectivity index is 1.40. The number of piperidine rings is 1. The van der Waals surface area contributed by atoms with Gasteiger partial charge in [0.05, 0.1) is 10.3 Å². The van der Waals surface area contributed by atoms with Gasteiger partial charge in [-0.25, -0.2) is 9.78 Å². The third-order valence-electron chi connectivity index (χ3n) is 5.44. The number of benzene rings is 1. The highest BCUT2D eigenvalue weighted by molar-refractivity contribution is 7.21. The number of thiophene rings is 1. The number of hydrogen-bond donors (Lipinski definition) is 2. The van der Waals surface area contributed by atoms with Gasteiger partial charge in [0.15, 0.2) is 11.5 Å². The van der Waals surface area contributed by atoms with Crippen molar-refractivity contribution in [2.45, 2.75) is 25.5 Å². The molecule has 2 aliphatic rings. The Hall–Kier alpha value is -3.87. The second kappa shape index (κ2) is 8.58. The van der Waals surface area contributed by atoms with Crippen LogP contribution in [0.3, 0.4) is 0 Å². The second-order valence-electron chi connectivity index (χ2n) is 7.54. The quantitative estimate of drug-likeness (QED) is 0.307. The number of ether oxygens (including phenoxy) is 3. The molecule has 0 bridgehead atoms. The summed E-state index contributed by atoms with van der Waals surface area (Å²) in [5, 5.41) is 24.0. The molecule has 0 saturated carbocycles. The van der Waals surface area contributed by atoms with Crippen molar-refractivity contribution in [3.63, 3.8) is 0 Å². The lowest BCUT2D eigenvalue weighted by atomic mass is 10.1. The smallest absolute Gasteiger partial charge is 0.454 e. The van der Waals surface area contributed by atoms with Crippen molar-refractivity contribution in [1.82, 2.24) is 9.97 Å². The molecule has 13 heteroatoms. The van der Waals surface area contributed by atoms with Gasteiger partial charge in [-0.2, -0.15) is 4.98 Å². The minimum absolute atomic E-state index is 0.0175. The number of anilines is 2. The van der Waals surface area contributed by atoms with Crippen molar-refractivity contribution in [2.24, 2.45) is 0 Å². The molecule has 2 aromatic heterocycles. The second-order valence-corrected chi connectivity index (χ2v) is 8.55. The van der Waals surface area contributed by atoms with E-state index in [9.17, 15) is 14.9 Å². The van der Waals surface area contributed by atoms with Crippen LogP contribution in [0.15, 0.2) is 24.3 Å². The number of fused-ring (bicyclic) bond motifs is 2. The van der Waals surface area contributed by atoms with E-state index < -0.39 is 11.1 Å². The Morgan fingerprint density at radius 2 is 2.06 bits per heavy atom. The summed E-state index contributed by atoms with van der Waals surface area (Å²) in [6.45, 7) is 1.63. The summed E-state index contributed by atoms with van der Waals surface area (Å²) in [5.41, 5.74) is 0.934. The number of carbonyl (C=O) groups is 1. The van der Waals surface area contributed by atoms with Gasteiger partial charge in [0, 0.05) is 38.5 Å². The van der Waals surface area contributed by atoms with Crippen LogP contribution < -0.4 is 19.7 Å². The SMILES string of the molecule is O=C(O)OC1CCN(c2nc(NCc3ccc4c(c3)OCO4)c3cc([N+](=O)[O-])sc3n2)CC1. The van der Waals surface area contributed by atoms with Crippen LogP contribution in [-0.2, 0) is 11.3 Å². The molecule has 1 saturated heterocycles. The topological polar surface area (TPSA) is 149 Å². The number of nitrogens with one attached hydrogen (secondary N) is 1. The first-order valence-electron chi connectivity index (χ1n) is 10.2. The zero-order chi connectivity index (χ0) is 22.9. The van der Waals surface area contributed by atoms with Crippen LogP contribution in [0.25, 0.3) is 10.2 Å². The fourth-order valence-electron chi connectivity index (χ4n) is 3.82. The molecule has 0 aliphatic carbocycles. The minimum atomic E-state index is -1.29. The Morgan fingerprint density at radius 3 is 2.82 bits per heavy atom. The number of rotatable bonds is 6. The van der Waals surface area contributed by atoms with Gasteiger partial charge >= 0.3 is 11.2 Å². The predicted molar refractivity (Wildman–Crippen MR) is 118 cm³/mol. The molecule has 33 heavy (non-hydrogen) atoms. The molecule has 4 heterocycles. The van der Waals surface area contributed by atoms with Crippen molar-refractivity contribution in [3.05, 3.63) is 39.9 Å². The zero-order valence-corrected chi connectivity index (χ0v) is 18.0. The summed E-state index contributed by atoms with van der Waals surface area (Å²) in [7, 11) is 0. The number of carboxylic acid groups (broad SMARTS) is 1. The van der Waals surface area contributed by atoms with E-state index in [1.807, 2.05) is 23.1 Å². The molecule has 1 aromatic carbocycles. The molecule has 0 unspecified atom stereocenters. The normalized spacial score (nSPS) is 15.6. The maximum absolute atomic E-state index is 11.3. The van der Waals surface area contributed by atoms with Crippen molar-refractivity contribution in [1.29, 1.82) is 0 Å². The van der Waals surface area contributed by atoms with Gasteiger partial charge in [-0.15, -0.1) is 0 Å². The van der Waals surface area contributed by atoms with Crippen LogP contribution in [0.4, 0.5) is 21.6 Å². The molecule has 0 radical (unpaired) electrons. The first kappa shape index (κ1) is 21.0. The standard InChI is InChI=1S/C20H19N5O7S/c26-20(27)32-12-3-5-24(6-4-12)19-22-17(13-8-16(25(28)29)33-18(13)23-19)21-9-11-1-2-14-15(7-11)31-10-30-14/h1-2,7-8,12H,3-6,9-10H2,(H,26,27)(H,21,22,23). The summed E-state index contributed by atoms with van der Waals surface area (Å²) in [4.78, 5) is 33.3. The van der Waals surface area contributed by atoms with Crippen LogP contribution in [-0.4, -0.2) is 52.1 Å². The molecule has 2 N–H and O–H groups in total. The molecular formula is C20H19N5O7S. The van der Waals surface area contributed by atoms with E-state index in [0.29, 0.717) is 66.0 Å². The molecule has 0 atom stereocenters. The monoisotopic (exact) mass is 473 g/mol. The van der Waals surface area contributed by atoms with E-state index in [1.165, 1.54) is 6.07 Å². The van der Waals surface area contributed by atoms with Crippen molar-refractivity contribution in [2.75, 3.05) is 30.1 Å². The van der Waals surface area contributed by atoms with E-state index in [0.717, 1.165) is 16.9 Å². The lowest BCUT2D eigenvalue weighted by molar-refractivity contribution is -0.380. The van der Waals surface area contributed by atoms with Crippen LogP contribution in [0, 0.1) is 10.1 Å². The first-order valence-corrected chi connectivity index (χ1v) is 11.0. The van der Waals surface area contributed by atoms with Crippen molar-refractivity contribution >= 4 is 44.5 Å². The predicted octanol–water partition coefficient (Wildman–Crippen LogP) is 3.60. The van der Waals surface area contributed by atoms with Gasteiger partial charge in [-0.3, -0.25) is 10.1 Å². The summed E-state index contributed by atoms with van der Waals surface area (Å²) in [6.07, 6.45) is -0.628. The Bertz CT molecular complexity index is 1220. The van der Waals surface area contributed by atoms with Crippen LogP contribution in [0.2, 0.25) is 0 Å². The molecule has 0 spiro atoms. The van der Waals surface area contributed by atoms with Crippen LogP contribution in [0.5, 0.6) is 11.5 Å². The lowest BCUT2D eigenvalue weighted by Crippen LogP contribution is -2.38. The maximum atomic E-state index is 11.3. The van der Waals surface area contributed by atoms with Gasteiger partial charge in [0.1, 0.15) is 16.8 Å². The van der Waals surface area contributed by atoms with Crippen LogP contribution >= 0.6 is 11.3 Å². The summed E-state index contributed by atoms with van der Waals surface area (Å²) in [6, 6.07) is 7.08. The minimum Gasteiger partial charge on any atom is -0.454 e. The Kier molecular flexibility index (Phi) is 5.46. The molecule has 2 aliphatic heterocycles. The van der Waals surface area contributed by atoms with Crippen molar-refractivity contribution in [3.8, 4) is 11.5 Å². The third-order valence-corrected chi connectivity index (χ3v) is 6.42. The molecule has 0 amide bonds. The molecule has 172 valence electrons. The molecule has 5 rings (SSSR count). The highest BCUT2D eigenvalue weighted by Crippen LogP contribution is 2.36. The zero-order valence-electron chi connectivity index (χ0n) is 17.2. The lowest BCUT2D eigenvalue weighted by Gasteiger charge is -2.31.